The Labute approximate surface area is 377 Å². The predicted octanol–water partition coefficient (Wildman–Crippen LogP) is 12.7. The molecule has 0 saturated heterocycles. The molecule has 0 aliphatic heterocycles. The minimum atomic E-state index is -3.68. The Morgan fingerprint density at radius 3 is 1.33 bits per heavy atom. The lowest BCUT2D eigenvalue weighted by atomic mass is 10.1. The van der Waals surface area contributed by atoms with E-state index in [1.54, 1.807) is 48.5 Å². The van der Waals surface area contributed by atoms with Crippen molar-refractivity contribution >= 4 is 33.2 Å². The summed E-state index contributed by atoms with van der Waals surface area (Å²) >= 11 is 0. The molecule has 13 heteroatoms. The van der Waals surface area contributed by atoms with Gasteiger partial charge in [0.25, 0.3) is 0 Å². The van der Waals surface area contributed by atoms with Gasteiger partial charge in [0, 0.05) is 0 Å². The van der Waals surface area contributed by atoms with Crippen LogP contribution in [-0.4, -0.2) is 58.5 Å². The third-order valence-corrected chi connectivity index (χ3v) is 12.0. The van der Waals surface area contributed by atoms with Crippen LogP contribution in [0.4, 0.5) is 11.4 Å². The van der Waals surface area contributed by atoms with Crippen molar-refractivity contribution in [3.63, 3.8) is 0 Å². The number of esters is 1. The van der Waals surface area contributed by atoms with Crippen LogP contribution in [0.25, 0.3) is 0 Å². The van der Waals surface area contributed by atoms with Crippen molar-refractivity contribution in [2.75, 3.05) is 33.0 Å². The molecule has 5 aromatic rings. The van der Waals surface area contributed by atoms with Crippen molar-refractivity contribution in [2.45, 2.75) is 101 Å². The first-order valence-electron chi connectivity index (χ1n) is 22.2. The second-order valence-electron chi connectivity index (χ2n) is 15.4. The highest BCUT2D eigenvalue weighted by molar-refractivity contribution is 7.91. The number of nitrogens with zero attached hydrogens (tertiary/aromatic N) is 2. The highest BCUT2D eigenvalue weighted by atomic mass is 32.2. The molecule has 0 aliphatic carbocycles. The van der Waals surface area contributed by atoms with Crippen molar-refractivity contribution in [1.29, 1.82) is 0 Å². The van der Waals surface area contributed by atoms with E-state index in [1.807, 2.05) is 55.5 Å². The van der Waals surface area contributed by atoms with Gasteiger partial charge in [-0.3, -0.25) is 0 Å². The summed E-state index contributed by atoms with van der Waals surface area (Å²) in [4.78, 5) is 25.0. The molecule has 0 radical (unpaired) electrons. The topological polar surface area (TPSA) is 159 Å². The third-order valence-electron chi connectivity index (χ3n) is 10.2. The molecule has 12 nitrogen and oxygen atoms in total. The number of hydrogen-bond donors (Lipinski definition) is 1. The number of aryl methyl sites for hydroxylation is 1. The molecule has 64 heavy (non-hydrogen) atoms. The van der Waals surface area contributed by atoms with Gasteiger partial charge >= 0.3 is 11.9 Å². The third kappa shape index (κ3) is 16.8. The zero-order valence-corrected chi connectivity index (χ0v) is 37.7. The number of sulfone groups is 1. The van der Waals surface area contributed by atoms with Gasteiger partial charge in [0.15, 0.2) is 0 Å². The average Bonchev–Trinajstić information content (AvgIpc) is 3.31. The average molecular weight is 893 g/mol. The van der Waals surface area contributed by atoms with Crippen LogP contribution < -0.4 is 18.9 Å². The molecule has 5 rings (SSSR count). The first-order chi connectivity index (χ1) is 31.1. The lowest BCUT2D eigenvalue weighted by Gasteiger charge is -2.11. The van der Waals surface area contributed by atoms with Gasteiger partial charge in [-0.1, -0.05) is 43.9 Å². The lowest BCUT2D eigenvalue weighted by molar-refractivity contribution is 0.0496. The van der Waals surface area contributed by atoms with Gasteiger partial charge in [-0.25, -0.2) is 18.0 Å². The molecule has 0 amide bonds. The fourth-order valence-electron chi connectivity index (χ4n) is 6.48. The summed E-state index contributed by atoms with van der Waals surface area (Å²) in [7, 11) is -3.68. The van der Waals surface area contributed by atoms with E-state index in [4.69, 9.17) is 23.7 Å². The van der Waals surface area contributed by atoms with Crippen molar-refractivity contribution in [3.05, 3.63) is 132 Å². The van der Waals surface area contributed by atoms with Crippen molar-refractivity contribution in [3.8, 4) is 23.0 Å². The van der Waals surface area contributed by atoms with Crippen molar-refractivity contribution in [1.82, 2.24) is 0 Å². The summed E-state index contributed by atoms with van der Waals surface area (Å²) in [6.07, 6.45) is 10.9. The van der Waals surface area contributed by atoms with Gasteiger partial charge in [0.05, 0.1) is 65.3 Å². The van der Waals surface area contributed by atoms with Crippen LogP contribution in [-0.2, 0) is 14.6 Å². The number of aromatic carboxylic acids is 1. The van der Waals surface area contributed by atoms with Gasteiger partial charge in [-0.05, 0) is 168 Å². The van der Waals surface area contributed by atoms with E-state index in [2.05, 4.69) is 17.2 Å². The van der Waals surface area contributed by atoms with Crippen LogP contribution >= 0.6 is 0 Å². The monoisotopic (exact) mass is 892 g/mol. The van der Waals surface area contributed by atoms with E-state index in [0.717, 1.165) is 81.3 Å². The molecule has 0 fully saturated rings. The predicted molar refractivity (Wildman–Crippen MR) is 247 cm³/mol. The van der Waals surface area contributed by atoms with Crippen LogP contribution in [0, 0.1) is 6.92 Å². The number of ether oxygens (including phenoxy) is 5. The molecule has 0 aliphatic rings. The molecule has 0 spiro atoms. The van der Waals surface area contributed by atoms with E-state index < -0.39 is 21.8 Å². The van der Waals surface area contributed by atoms with Gasteiger partial charge in [-0.15, -0.1) is 0 Å². The maximum absolute atomic E-state index is 13.2. The van der Waals surface area contributed by atoms with Crippen molar-refractivity contribution < 1.29 is 46.8 Å². The number of carbonyl (C=O) groups excluding carboxylic acids is 1. The van der Waals surface area contributed by atoms with Crippen LogP contribution in [0.15, 0.2) is 135 Å². The Balaban J connectivity index is 0.918. The van der Waals surface area contributed by atoms with Gasteiger partial charge in [0.2, 0.25) is 9.84 Å². The number of carbonyl (C=O) groups is 2. The maximum Gasteiger partial charge on any atom is 0.338 e. The maximum atomic E-state index is 13.2. The first-order valence-corrected chi connectivity index (χ1v) is 23.7. The number of unbranched alkanes of at least 4 members (excludes halogenated alkanes) is 9. The lowest BCUT2D eigenvalue weighted by Crippen LogP contribution is -2.09. The number of benzene rings is 5. The number of carboxylic acid groups (broad SMARTS) is 1. The smallest absolute Gasteiger partial charge is 0.338 e. The van der Waals surface area contributed by atoms with Crippen LogP contribution in [0.3, 0.4) is 0 Å². The zero-order valence-electron chi connectivity index (χ0n) is 36.9. The normalized spacial score (nSPS) is 11.3. The molecule has 0 aromatic heterocycles. The minimum absolute atomic E-state index is 0.0517. The molecule has 340 valence electrons. The summed E-state index contributed by atoms with van der Waals surface area (Å²) in [5.41, 5.74) is 2.79. The van der Waals surface area contributed by atoms with Gasteiger partial charge in [0.1, 0.15) is 23.0 Å². The highest BCUT2D eigenvalue weighted by Crippen LogP contribution is 2.26. The number of carboxylic acids is 1. The summed E-state index contributed by atoms with van der Waals surface area (Å²) in [6, 6.07) is 32.5. The molecule has 0 heterocycles. The zero-order chi connectivity index (χ0) is 45.4. The van der Waals surface area contributed by atoms with E-state index >= 15 is 0 Å². The van der Waals surface area contributed by atoms with E-state index in [0.29, 0.717) is 50.1 Å². The van der Waals surface area contributed by atoms with E-state index in [-0.39, 0.29) is 27.5 Å². The molecule has 1 N–H and O–H groups in total. The van der Waals surface area contributed by atoms with E-state index in [9.17, 15) is 23.1 Å². The highest BCUT2D eigenvalue weighted by Gasteiger charge is 2.18. The molecule has 0 bridgehead atoms. The molecular weight excluding hydrogens is 833 g/mol. The molecule has 0 atom stereocenters. The van der Waals surface area contributed by atoms with Crippen LogP contribution in [0.2, 0.25) is 0 Å². The Morgan fingerprint density at radius 1 is 0.484 bits per heavy atom. The number of azo groups is 1. The quantitative estimate of drug-likeness (QED) is 0.0278. The van der Waals surface area contributed by atoms with Crippen molar-refractivity contribution in [2.24, 2.45) is 10.2 Å². The summed E-state index contributed by atoms with van der Waals surface area (Å²) in [6.45, 7) is 6.38. The molecular formula is C51H60N2O10S. The number of hydrogen-bond acceptors (Lipinski definition) is 11. The first kappa shape index (κ1) is 48.8. The fourth-order valence-corrected chi connectivity index (χ4v) is 7.74. The number of rotatable bonds is 29. The van der Waals surface area contributed by atoms with Gasteiger partial charge in [-0.2, -0.15) is 10.2 Å². The Hall–Kier alpha value is -6.21. The molecule has 0 unspecified atom stereocenters. The second kappa shape index (κ2) is 26.4. The Kier molecular flexibility index (Phi) is 20.2. The van der Waals surface area contributed by atoms with Crippen LogP contribution in [0.5, 0.6) is 23.0 Å². The largest absolute Gasteiger partial charge is 0.494 e. The van der Waals surface area contributed by atoms with E-state index in [1.165, 1.54) is 30.2 Å². The molecule has 0 saturated carbocycles. The second-order valence-corrected chi connectivity index (χ2v) is 17.4. The summed E-state index contributed by atoms with van der Waals surface area (Å²) in [5.74, 6) is 0.524. The Bertz CT molecular complexity index is 2310. The SMILES string of the molecule is CCCCCCOc1ccc(S(=O)(=O)c2ccc(OCCCCCCOC(=O)c3cc(OCCCCCCOc4ccc(N=Nc5ccc(C)cc5)cc4)cc(C(=O)O)c3)cc2)cc1. The van der Waals surface area contributed by atoms with Crippen LogP contribution in [0.1, 0.15) is 110 Å². The minimum Gasteiger partial charge on any atom is -0.494 e. The summed E-state index contributed by atoms with van der Waals surface area (Å²) in [5, 5.41) is 18.2. The standard InChI is InChI=1S/C51H60N2O10S/c1-3-4-5-10-31-60-45-23-27-48(28-24-45)64(57,58)49-29-25-46(26-30-49)61-33-12-8-9-14-35-63-51(56)41-36-40(50(54)55)37-47(38-41)62-34-13-7-6-11-32-59-44-21-19-43(20-22-44)53-52-42-17-15-39(2)16-18-42/h15-30,36-38H,3-14,31-35H2,1-2H3,(H,54,55). The molecule has 5 aromatic carbocycles. The van der Waals surface area contributed by atoms with Gasteiger partial charge < -0.3 is 28.8 Å². The Morgan fingerprint density at radius 2 is 0.875 bits per heavy atom. The fraction of sp³-hybridized carbons (Fsp3) is 0.373. The summed E-state index contributed by atoms with van der Waals surface area (Å²) < 4.78 is 55.0.